The standard InChI is InChI=1S/C18H17BrFNO3/c1-3-4-12-5-8-16(17(9-12)23-2)24-11-18(22)21-15-7-6-13(19)10-14(15)20/h3,5-10H,1,4,11H2,2H3,(H,21,22). The molecule has 1 amide bonds. The van der Waals surface area contributed by atoms with Crippen LogP contribution >= 0.6 is 15.9 Å². The highest BCUT2D eigenvalue weighted by Crippen LogP contribution is 2.28. The third-order valence-electron chi connectivity index (χ3n) is 3.17. The second-order valence-electron chi connectivity index (χ2n) is 4.94. The molecule has 2 aromatic carbocycles. The fourth-order valence-electron chi connectivity index (χ4n) is 2.05. The third-order valence-corrected chi connectivity index (χ3v) is 3.67. The number of rotatable bonds is 7. The van der Waals surface area contributed by atoms with Crippen LogP contribution < -0.4 is 14.8 Å². The summed E-state index contributed by atoms with van der Waals surface area (Å²) in [6.07, 6.45) is 2.50. The molecule has 0 aromatic heterocycles. The summed E-state index contributed by atoms with van der Waals surface area (Å²) >= 11 is 3.16. The van der Waals surface area contributed by atoms with Gasteiger partial charge in [-0.25, -0.2) is 4.39 Å². The Balaban J connectivity index is 1.99. The molecule has 6 heteroatoms. The fourth-order valence-corrected chi connectivity index (χ4v) is 2.38. The normalized spacial score (nSPS) is 10.1. The summed E-state index contributed by atoms with van der Waals surface area (Å²) in [6.45, 7) is 3.43. The SMILES string of the molecule is C=CCc1ccc(OCC(=O)Nc2ccc(Br)cc2F)c(OC)c1. The van der Waals surface area contributed by atoms with Crippen molar-refractivity contribution in [3.63, 3.8) is 0 Å². The van der Waals surface area contributed by atoms with E-state index in [1.807, 2.05) is 12.1 Å². The van der Waals surface area contributed by atoms with Crippen molar-refractivity contribution >= 4 is 27.5 Å². The maximum absolute atomic E-state index is 13.7. The average Bonchev–Trinajstić information content (AvgIpc) is 2.56. The zero-order valence-corrected chi connectivity index (χ0v) is 14.7. The number of halogens is 2. The summed E-state index contributed by atoms with van der Waals surface area (Å²) in [4.78, 5) is 11.9. The molecule has 0 fully saturated rings. The van der Waals surface area contributed by atoms with E-state index < -0.39 is 11.7 Å². The number of hydrogen-bond donors (Lipinski definition) is 1. The van der Waals surface area contributed by atoms with E-state index in [2.05, 4.69) is 27.8 Å². The predicted octanol–water partition coefficient (Wildman–Crippen LogP) is 4.34. The number of amides is 1. The minimum absolute atomic E-state index is 0.0973. The topological polar surface area (TPSA) is 47.6 Å². The van der Waals surface area contributed by atoms with Gasteiger partial charge >= 0.3 is 0 Å². The van der Waals surface area contributed by atoms with Gasteiger partial charge in [-0.15, -0.1) is 6.58 Å². The number of benzene rings is 2. The van der Waals surface area contributed by atoms with E-state index in [1.54, 1.807) is 18.2 Å². The first kappa shape index (κ1) is 18.0. The minimum atomic E-state index is -0.524. The first-order valence-corrected chi connectivity index (χ1v) is 7.98. The fraction of sp³-hybridized carbons (Fsp3) is 0.167. The number of allylic oxidation sites excluding steroid dienone is 1. The molecular formula is C18H17BrFNO3. The Morgan fingerprint density at radius 1 is 1.29 bits per heavy atom. The lowest BCUT2D eigenvalue weighted by atomic mass is 10.1. The van der Waals surface area contributed by atoms with Crippen LogP contribution in [0.3, 0.4) is 0 Å². The van der Waals surface area contributed by atoms with Gasteiger partial charge in [0.2, 0.25) is 0 Å². The summed E-state index contributed by atoms with van der Waals surface area (Å²) in [5, 5.41) is 2.46. The molecule has 0 atom stereocenters. The molecule has 126 valence electrons. The van der Waals surface area contributed by atoms with Gasteiger partial charge < -0.3 is 14.8 Å². The smallest absolute Gasteiger partial charge is 0.262 e. The first-order chi connectivity index (χ1) is 11.5. The first-order valence-electron chi connectivity index (χ1n) is 7.19. The van der Waals surface area contributed by atoms with Crippen LogP contribution in [0.4, 0.5) is 10.1 Å². The maximum Gasteiger partial charge on any atom is 0.262 e. The highest BCUT2D eigenvalue weighted by molar-refractivity contribution is 9.10. The van der Waals surface area contributed by atoms with Crippen molar-refractivity contribution in [2.45, 2.75) is 6.42 Å². The van der Waals surface area contributed by atoms with Crippen LogP contribution in [-0.4, -0.2) is 19.6 Å². The molecule has 4 nitrogen and oxygen atoms in total. The lowest BCUT2D eigenvalue weighted by Crippen LogP contribution is -2.21. The second kappa shape index (κ2) is 8.49. The molecular weight excluding hydrogens is 377 g/mol. The van der Waals surface area contributed by atoms with Gasteiger partial charge in [0, 0.05) is 4.47 Å². The lowest BCUT2D eigenvalue weighted by molar-refractivity contribution is -0.118. The Labute approximate surface area is 148 Å². The second-order valence-corrected chi connectivity index (χ2v) is 5.85. The van der Waals surface area contributed by atoms with Crippen molar-refractivity contribution in [2.24, 2.45) is 0 Å². The van der Waals surface area contributed by atoms with Gasteiger partial charge in [-0.1, -0.05) is 28.1 Å². The zero-order valence-electron chi connectivity index (χ0n) is 13.1. The Bertz CT molecular complexity index is 749. The van der Waals surface area contributed by atoms with E-state index >= 15 is 0 Å². The Morgan fingerprint density at radius 3 is 2.75 bits per heavy atom. The van der Waals surface area contributed by atoms with Gasteiger partial charge in [0.15, 0.2) is 18.1 Å². The summed E-state index contributed by atoms with van der Waals surface area (Å²) < 4.78 is 25.0. The number of ether oxygens (including phenoxy) is 2. The van der Waals surface area contributed by atoms with Crippen molar-refractivity contribution in [3.05, 3.63) is 64.9 Å². The molecule has 2 rings (SSSR count). The average molecular weight is 394 g/mol. The Kier molecular flexibility index (Phi) is 6.37. The van der Waals surface area contributed by atoms with Crippen LogP contribution in [0, 0.1) is 5.82 Å². The monoisotopic (exact) mass is 393 g/mol. The minimum Gasteiger partial charge on any atom is -0.493 e. The van der Waals surface area contributed by atoms with E-state index in [9.17, 15) is 9.18 Å². The van der Waals surface area contributed by atoms with Crippen molar-refractivity contribution in [1.29, 1.82) is 0 Å². The molecule has 24 heavy (non-hydrogen) atoms. The maximum atomic E-state index is 13.7. The quantitative estimate of drug-likeness (QED) is 0.711. The lowest BCUT2D eigenvalue weighted by Gasteiger charge is -2.12. The van der Waals surface area contributed by atoms with E-state index in [-0.39, 0.29) is 12.3 Å². The largest absolute Gasteiger partial charge is 0.493 e. The molecule has 0 aliphatic heterocycles. The highest BCUT2D eigenvalue weighted by Gasteiger charge is 2.11. The number of carbonyl (C=O) groups excluding carboxylic acids is 1. The number of carbonyl (C=O) groups is 1. The molecule has 0 radical (unpaired) electrons. The van der Waals surface area contributed by atoms with Gasteiger partial charge in [-0.3, -0.25) is 4.79 Å². The van der Waals surface area contributed by atoms with Crippen molar-refractivity contribution in [3.8, 4) is 11.5 Å². The van der Waals surface area contributed by atoms with E-state index in [4.69, 9.17) is 9.47 Å². The molecule has 0 aliphatic carbocycles. The molecule has 0 unspecified atom stereocenters. The summed E-state index contributed by atoms with van der Waals surface area (Å²) in [5.74, 6) is -0.0220. The van der Waals surface area contributed by atoms with Crippen LogP contribution in [0.2, 0.25) is 0 Å². The van der Waals surface area contributed by atoms with Crippen molar-refractivity contribution in [2.75, 3.05) is 19.0 Å². The number of methoxy groups -OCH3 is 1. The van der Waals surface area contributed by atoms with Gasteiger partial charge in [-0.05, 0) is 42.3 Å². The highest BCUT2D eigenvalue weighted by atomic mass is 79.9. The van der Waals surface area contributed by atoms with Gasteiger partial charge in [0.25, 0.3) is 5.91 Å². The summed E-state index contributed by atoms with van der Waals surface area (Å²) in [5.41, 5.74) is 1.12. The molecule has 0 aliphatic rings. The molecule has 2 aromatic rings. The summed E-state index contributed by atoms with van der Waals surface area (Å²) in [6, 6.07) is 9.81. The van der Waals surface area contributed by atoms with Crippen molar-refractivity contribution < 1.29 is 18.7 Å². The molecule has 0 saturated carbocycles. The van der Waals surface area contributed by atoms with Gasteiger partial charge in [0.1, 0.15) is 5.82 Å². The Morgan fingerprint density at radius 2 is 2.08 bits per heavy atom. The van der Waals surface area contributed by atoms with Gasteiger partial charge in [0.05, 0.1) is 12.8 Å². The molecule has 0 bridgehead atoms. The van der Waals surface area contributed by atoms with Crippen LogP contribution in [-0.2, 0) is 11.2 Å². The Hall–Kier alpha value is -2.34. The number of nitrogens with one attached hydrogen (secondary N) is 1. The number of hydrogen-bond acceptors (Lipinski definition) is 3. The third kappa shape index (κ3) is 4.83. The van der Waals surface area contributed by atoms with E-state index in [0.29, 0.717) is 22.4 Å². The van der Waals surface area contributed by atoms with Crippen LogP contribution in [0.15, 0.2) is 53.5 Å². The molecule has 0 saturated heterocycles. The molecule has 1 N–H and O–H groups in total. The van der Waals surface area contributed by atoms with Crippen LogP contribution in [0.25, 0.3) is 0 Å². The molecule has 0 spiro atoms. The summed E-state index contributed by atoms with van der Waals surface area (Å²) in [7, 11) is 1.52. The van der Waals surface area contributed by atoms with E-state index in [0.717, 1.165) is 5.56 Å². The van der Waals surface area contributed by atoms with Crippen molar-refractivity contribution in [1.82, 2.24) is 0 Å². The zero-order chi connectivity index (χ0) is 17.5. The number of anilines is 1. The van der Waals surface area contributed by atoms with Gasteiger partial charge in [-0.2, -0.15) is 0 Å². The van der Waals surface area contributed by atoms with E-state index in [1.165, 1.54) is 19.2 Å². The van der Waals surface area contributed by atoms with Crippen LogP contribution in [0.1, 0.15) is 5.56 Å². The van der Waals surface area contributed by atoms with Crippen LogP contribution in [0.5, 0.6) is 11.5 Å². The predicted molar refractivity (Wildman–Crippen MR) is 95.1 cm³/mol. The molecule has 0 heterocycles.